The normalized spacial score (nSPS) is 11.9. The highest BCUT2D eigenvalue weighted by Crippen LogP contribution is 2.44. The SMILES string of the molecule is c1ccc(-c2nc(-c3ccc4c(c3)c3ccccc3n4-c3cccc(-n4c5ccccc5c5c6sc7ccccc7c6ccc54)c3)n(-c3ccccc3)n2)cc1. The van der Waals surface area contributed by atoms with Crippen LogP contribution >= 0.6 is 11.3 Å². The number of para-hydroxylation sites is 3. The number of hydrogen-bond acceptors (Lipinski definition) is 3. The predicted molar refractivity (Wildman–Crippen MR) is 234 cm³/mol. The highest BCUT2D eigenvalue weighted by Gasteiger charge is 2.21. The first-order chi connectivity index (χ1) is 27.8. The van der Waals surface area contributed by atoms with E-state index in [-0.39, 0.29) is 0 Å². The van der Waals surface area contributed by atoms with Crippen LogP contribution < -0.4 is 0 Å². The molecule has 4 aromatic heterocycles. The second-order valence-electron chi connectivity index (χ2n) is 14.3. The van der Waals surface area contributed by atoms with Gasteiger partial charge in [0, 0.05) is 64.2 Å². The van der Waals surface area contributed by atoms with Gasteiger partial charge in [-0.05, 0) is 72.8 Å². The van der Waals surface area contributed by atoms with E-state index in [4.69, 9.17) is 10.1 Å². The van der Waals surface area contributed by atoms with Gasteiger partial charge in [0.05, 0.1) is 27.8 Å². The maximum Gasteiger partial charge on any atom is 0.182 e. The van der Waals surface area contributed by atoms with E-state index in [9.17, 15) is 0 Å². The van der Waals surface area contributed by atoms with Crippen LogP contribution in [0.25, 0.3) is 104 Å². The monoisotopic (exact) mass is 733 g/mol. The molecule has 0 amide bonds. The van der Waals surface area contributed by atoms with E-state index >= 15 is 0 Å². The molecule has 0 atom stereocenters. The lowest BCUT2D eigenvalue weighted by Crippen LogP contribution is -2.00. The Labute approximate surface area is 325 Å². The average molecular weight is 734 g/mol. The summed E-state index contributed by atoms with van der Waals surface area (Å²) >= 11 is 1.89. The molecule has 0 fully saturated rings. The summed E-state index contributed by atoms with van der Waals surface area (Å²) in [4.78, 5) is 5.14. The Morgan fingerprint density at radius 2 is 1.00 bits per heavy atom. The van der Waals surface area contributed by atoms with Crippen molar-refractivity contribution in [1.82, 2.24) is 23.9 Å². The first kappa shape index (κ1) is 31.1. The van der Waals surface area contributed by atoms with Gasteiger partial charge in [0.2, 0.25) is 0 Å². The highest BCUT2D eigenvalue weighted by molar-refractivity contribution is 7.26. The maximum atomic E-state index is 5.14. The van der Waals surface area contributed by atoms with Gasteiger partial charge in [-0.2, -0.15) is 0 Å². The number of thiophene rings is 1. The molecule has 0 radical (unpaired) electrons. The summed E-state index contributed by atoms with van der Waals surface area (Å²) in [6.45, 7) is 0. The Hall–Kier alpha value is -7.28. The third-order valence-electron chi connectivity index (χ3n) is 11.1. The summed E-state index contributed by atoms with van der Waals surface area (Å²) in [5.74, 6) is 1.50. The standard InChI is InChI=1S/C50H31N5S/c1-3-14-32(15-4-1)49-51-50(55(52-49)34-16-5-2-6-17-34)33-26-28-44-41(30-33)37-20-7-10-23-42(37)53(44)35-18-13-19-36(31-35)54-43-24-11-8-22-40(43)47-45(54)29-27-39-38-21-9-12-25-46(38)56-48(39)47/h1-31H. The van der Waals surface area contributed by atoms with Crippen molar-refractivity contribution in [2.24, 2.45) is 0 Å². The number of fused-ring (bicyclic) bond motifs is 10. The van der Waals surface area contributed by atoms with Crippen LogP contribution in [0.2, 0.25) is 0 Å². The molecule has 262 valence electrons. The van der Waals surface area contributed by atoms with E-state index in [0.29, 0.717) is 5.82 Å². The zero-order chi connectivity index (χ0) is 36.7. The summed E-state index contributed by atoms with van der Waals surface area (Å²) < 4.78 is 9.45. The van der Waals surface area contributed by atoms with Crippen molar-refractivity contribution >= 4 is 75.1 Å². The van der Waals surface area contributed by atoms with Gasteiger partial charge in [-0.15, -0.1) is 16.4 Å². The number of hydrogen-bond donors (Lipinski definition) is 0. The zero-order valence-corrected chi connectivity index (χ0v) is 30.9. The predicted octanol–water partition coefficient (Wildman–Crippen LogP) is 13.2. The van der Waals surface area contributed by atoms with Crippen LogP contribution in [0, 0.1) is 0 Å². The minimum atomic E-state index is 0.696. The smallest absolute Gasteiger partial charge is 0.182 e. The first-order valence-electron chi connectivity index (χ1n) is 18.8. The summed E-state index contributed by atoms with van der Waals surface area (Å²) in [6.07, 6.45) is 0. The van der Waals surface area contributed by atoms with Crippen molar-refractivity contribution in [3.05, 3.63) is 188 Å². The van der Waals surface area contributed by atoms with Crippen molar-refractivity contribution in [2.45, 2.75) is 0 Å². The molecule has 5 nitrogen and oxygen atoms in total. The highest BCUT2D eigenvalue weighted by atomic mass is 32.1. The van der Waals surface area contributed by atoms with Crippen LogP contribution in [-0.4, -0.2) is 23.9 Å². The minimum absolute atomic E-state index is 0.696. The van der Waals surface area contributed by atoms with Gasteiger partial charge in [-0.1, -0.05) is 115 Å². The van der Waals surface area contributed by atoms with E-state index in [0.717, 1.165) is 50.4 Å². The third-order valence-corrected chi connectivity index (χ3v) is 12.3. The van der Waals surface area contributed by atoms with Crippen LogP contribution in [0.4, 0.5) is 0 Å². The molecular weight excluding hydrogens is 703 g/mol. The molecule has 0 N–H and O–H groups in total. The molecule has 8 aromatic carbocycles. The lowest BCUT2D eigenvalue weighted by Gasteiger charge is -2.13. The Morgan fingerprint density at radius 1 is 0.393 bits per heavy atom. The van der Waals surface area contributed by atoms with Gasteiger partial charge in [0.25, 0.3) is 0 Å². The summed E-state index contributed by atoms with van der Waals surface area (Å²) in [7, 11) is 0. The van der Waals surface area contributed by atoms with Crippen LogP contribution in [0.3, 0.4) is 0 Å². The summed E-state index contributed by atoms with van der Waals surface area (Å²) in [6, 6.07) is 67.0. The van der Waals surface area contributed by atoms with Gasteiger partial charge < -0.3 is 9.13 Å². The molecule has 0 spiro atoms. The molecular formula is C50H31N5S. The van der Waals surface area contributed by atoms with Gasteiger partial charge in [-0.3, -0.25) is 0 Å². The number of nitrogens with zero attached hydrogens (tertiary/aromatic N) is 5. The van der Waals surface area contributed by atoms with Crippen molar-refractivity contribution in [2.75, 3.05) is 0 Å². The maximum absolute atomic E-state index is 5.14. The fourth-order valence-electron chi connectivity index (χ4n) is 8.63. The molecule has 6 heteroatoms. The average Bonchev–Trinajstić information content (AvgIpc) is 4.04. The van der Waals surface area contributed by atoms with Crippen LogP contribution in [-0.2, 0) is 0 Å². The molecule has 0 unspecified atom stereocenters. The third kappa shape index (κ3) is 4.60. The summed E-state index contributed by atoms with van der Waals surface area (Å²) in [5, 5.41) is 12.6. The fraction of sp³-hybridized carbons (Fsp3) is 0. The lowest BCUT2D eigenvalue weighted by atomic mass is 10.1. The van der Waals surface area contributed by atoms with E-state index in [1.807, 2.05) is 52.4 Å². The molecule has 0 aliphatic carbocycles. The van der Waals surface area contributed by atoms with E-state index in [2.05, 4.69) is 161 Å². The van der Waals surface area contributed by atoms with Crippen molar-refractivity contribution in [3.63, 3.8) is 0 Å². The summed E-state index contributed by atoms with van der Waals surface area (Å²) in [5.41, 5.74) is 9.89. The number of benzene rings is 8. The van der Waals surface area contributed by atoms with Gasteiger partial charge in [0.1, 0.15) is 0 Å². The number of rotatable bonds is 5. The Bertz CT molecular complexity index is 3480. The van der Waals surface area contributed by atoms with Crippen LogP contribution in [0.5, 0.6) is 0 Å². The topological polar surface area (TPSA) is 40.6 Å². The molecule has 4 heterocycles. The van der Waals surface area contributed by atoms with E-state index in [1.54, 1.807) is 0 Å². The molecule has 0 saturated carbocycles. The molecule has 56 heavy (non-hydrogen) atoms. The Balaban J connectivity index is 1.05. The molecule has 0 saturated heterocycles. The molecule has 0 aliphatic heterocycles. The minimum Gasteiger partial charge on any atom is -0.309 e. The Morgan fingerprint density at radius 3 is 1.80 bits per heavy atom. The Kier molecular flexibility index (Phi) is 6.73. The van der Waals surface area contributed by atoms with Crippen molar-refractivity contribution in [3.8, 4) is 39.8 Å². The van der Waals surface area contributed by atoms with E-state index < -0.39 is 0 Å². The van der Waals surface area contributed by atoms with E-state index in [1.165, 1.54) is 47.4 Å². The number of aromatic nitrogens is 5. The molecule has 12 aromatic rings. The van der Waals surface area contributed by atoms with Gasteiger partial charge in [-0.25, -0.2) is 9.67 Å². The van der Waals surface area contributed by atoms with Crippen LogP contribution in [0.1, 0.15) is 0 Å². The molecule has 0 aliphatic rings. The first-order valence-corrected chi connectivity index (χ1v) is 19.7. The molecule has 0 bridgehead atoms. The largest absolute Gasteiger partial charge is 0.309 e. The second kappa shape index (κ2) is 12.1. The van der Waals surface area contributed by atoms with Crippen molar-refractivity contribution < 1.29 is 0 Å². The van der Waals surface area contributed by atoms with Gasteiger partial charge >= 0.3 is 0 Å². The van der Waals surface area contributed by atoms with Gasteiger partial charge in [0.15, 0.2) is 11.6 Å². The fourth-order valence-corrected chi connectivity index (χ4v) is 9.89. The quantitative estimate of drug-likeness (QED) is 0.177. The molecule has 12 rings (SSSR count). The van der Waals surface area contributed by atoms with Crippen LogP contribution in [0.15, 0.2) is 188 Å². The second-order valence-corrected chi connectivity index (χ2v) is 15.3. The zero-order valence-electron chi connectivity index (χ0n) is 30.0. The van der Waals surface area contributed by atoms with Crippen molar-refractivity contribution in [1.29, 1.82) is 0 Å². The lowest BCUT2D eigenvalue weighted by molar-refractivity contribution is 0.891.